The topological polar surface area (TPSA) is 142 Å². The zero-order valence-electron chi connectivity index (χ0n) is 4.78. The summed E-state index contributed by atoms with van der Waals surface area (Å²) in [6, 6.07) is 0. The summed E-state index contributed by atoms with van der Waals surface area (Å²) in [5.41, 5.74) is 0. The Balaban J connectivity index is -0.00000000750. The van der Waals surface area contributed by atoms with Gasteiger partial charge in [-0.25, -0.2) is 0 Å². The summed E-state index contributed by atoms with van der Waals surface area (Å²) < 4.78 is 0. The van der Waals surface area contributed by atoms with Gasteiger partial charge in [-0.1, -0.05) is 0 Å². The first-order valence-corrected chi connectivity index (χ1v) is 0.928. The van der Waals surface area contributed by atoms with E-state index in [-0.39, 0.29) is 35.5 Å². The van der Waals surface area contributed by atoms with E-state index in [9.17, 15) is 0 Å². The van der Waals surface area contributed by atoms with Crippen molar-refractivity contribution in [1.29, 1.82) is 0 Å². The molecule has 0 aromatic heterocycles. The minimum absolute atomic E-state index is 0. The number of aliphatic carboxylic acids is 1. The number of carboxylic acids is 1. The number of carbonyl (C=O) groups is 1. The zero-order valence-corrected chi connectivity index (χ0v) is 5.72. The van der Waals surface area contributed by atoms with Crippen molar-refractivity contribution in [2.24, 2.45) is 0 Å². The predicted molar refractivity (Wildman–Crippen MR) is 28.4 cm³/mol. The molecule has 5 nitrogen and oxygen atoms in total. The summed E-state index contributed by atoms with van der Waals surface area (Å²) in [7, 11) is 0. The second-order valence-electron chi connectivity index (χ2n) is 0.519. The Kier molecular flexibility index (Phi) is 162. The van der Waals surface area contributed by atoms with Crippen molar-refractivity contribution in [3.63, 3.8) is 0 Å². The maximum absolute atomic E-state index is 9.00. The molecule has 0 heterocycles. The third kappa shape index (κ3) is 8170. The molecule has 0 rings (SSSR count). The molecule has 10 N–H and O–H groups in total. The maximum atomic E-state index is 9.00. The summed E-state index contributed by atoms with van der Waals surface area (Å²) >= 11 is 0. The summed E-state index contributed by atoms with van der Waals surface area (Å²) in [5.74, 6) is -0.833. The van der Waals surface area contributed by atoms with E-state index in [0.29, 0.717) is 0 Å². The van der Waals surface area contributed by atoms with E-state index >= 15 is 0 Å². The molecule has 0 aromatic carbocycles. The predicted octanol–water partition coefficient (Wildman–Crippen LogP) is 0.574. The average molecular weight is 175 g/mol. The summed E-state index contributed by atoms with van der Waals surface area (Å²) in [4.78, 5) is 9.00. The van der Waals surface area contributed by atoms with Crippen LogP contribution < -0.4 is 18.5 Å². The van der Waals surface area contributed by atoms with Crippen LogP contribution in [0.3, 0.4) is 0 Å². The Morgan fingerprint density at radius 1 is 1.25 bits per heavy atom. The fourth-order valence-corrected chi connectivity index (χ4v) is 0. The van der Waals surface area contributed by atoms with Crippen LogP contribution >= 0.6 is 0 Å². The van der Waals surface area contributed by atoms with Gasteiger partial charge < -0.3 is 23.6 Å². The zero-order chi connectivity index (χ0) is 3.58. The molecule has 59 valence electrons. The van der Waals surface area contributed by atoms with E-state index in [2.05, 4.69) is 0 Å². The van der Waals surface area contributed by atoms with Gasteiger partial charge in [0.05, 0.1) is 0 Å². The molecule has 1 radical (unpaired) electrons. The van der Waals surface area contributed by atoms with Crippen LogP contribution in [0.5, 0.6) is 0 Å². The van der Waals surface area contributed by atoms with Crippen LogP contribution in [-0.2, 0) is 21.9 Å². The van der Waals surface area contributed by atoms with Crippen molar-refractivity contribution in [3.05, 3.63) is 0 Å². The van der Waals surface area contributed by atoms with Crippen molar-refractivity contribution in [1.82, 2.24) is 18.5 Å². The van der Waals surface area contributed by atoms with E-state index in [4.69, 9.17) is 9.90 Å². The maximum Gasteiger partial charge on any atom is 0.300 e. The largest absolute Gasteiger partial charge is 0.481 e. The van der Waals surface area contributed by atoms with Gasteiger partial charge in [0.15, 0.2) is 0 Å². The Morgan fingerprint density at radius 2 is 1.25 bits per heavy atom. The van der Waals surface area contributed by atoms with E-state index in [1.807, 2.05) is 0 Å². The number of carboxylic acid groups (broad SMARTS) is 1. The van der Waals surface area contributed by atoms with Crippen LogP contribution in [0.15, 0.2) is 0 Å². The van der Waals surface area contributed by atoms with Crippen molar-refractivity contribution in [2.75, 3.05) is 0 Å². The molecule has 0 aromatic rings. The van der Waals surface area contributed by atoms with Gasteiger partial charge in [0, 0.05) is 24.0 Å². The minimum atomic E-state index is -0.833. The molecule has 0 bridgehead atoms. The minimum Gasteiger partial charge on any atom is -0.481 e. The molecule has 0 aliphatic heterocycles. The number of hydrogen-bond donors (Lipinski definition) is 4. The Labute approximate surface area is 59.1 Å². The van der Waals surface area contributed by atoms with Crippen LogP contribution in [0, 0.1) is 0 Å². The molecule has 8 heavy (non-hydrogen) atoms. The van der Waals surface area contributed by atoms with Crippen LogP contribution in [0.4, 0.5) is 0 Å². The average Bonchev–Trinajstić information content (AvgIpc) is 0.811. The third-order valence-electron chi connectivity index (χ3n) is 0. The first-order chi connectivity index (χ1) is 1.73. The van der Waals surface area contributed by atoms with Gasteiger partial charge >= 0.3 is 0 Å². The van der Waals surface area contributed by atoms with E-state index in [1.54, 1.807) is 0 Å². The fraction of sp³-hybridized carbons (Fsp3) is 0.500. The van der Waals surface area contributed by atoms with Crippen molar-refractivity contribution in [3.8, 4) is 0 Å². The molecular weight excluding hydrogens is 162 g/mol. The summed E-state index contributed by atoms with van der Waals surface area (Å²) in [5, 5.41) is 7.42. The molecule has 0 saturated carbocycles. The quantitative estimate of drug-likeness (QED) is 0.397. The molecule has 0 saturated heterocycles. The van der Waals surface area contributed by atoms with E-state index in [0.717, 1.165) is 6.92 Å². The molecule has 0 atom stereocenters. The standard InChI is InChI=1S/C2H4O2.Cu.3H3N/c1-2(3)4;;;;/h1H3,(H,3,4);;3*1H3. The molecule has 0 spiro atoms. The molecule has 0 unspecified atom stereocenters. The van der Waals surface area contributed by atoms with Crippen LogP contribution in [0.25, 0.3) is 0 Å². The Bertz CT molecular complexity index is 38.3. The molecule has 0 aliphatic carbocycles. The van der Waals surface area contributed by atoms with Gasteiger partial charge in [-0.05, 0) is 0 Å². The van der Waals surface area contributed by atoms with Crippen molar-refractivity contribution < 1.29 is 27.0 Å². The van der Waals surface area contributed by atoms with Gasteiger partial charge in [0.2, 0.25) is 0 Å². The Hall–Kier alpha value is -0.131. The molecule has 6 heteroatoms. The van der Waals surface area contributed by atoms with Gasteiger partial charge in [-0.15, -0.1) is 0 Å². The van der Waals surface area contributed by atoms with E-state index < -0.39 is 5.97 Å². The molecule has 0 amide bonds. The smallest absolute Gasteiger partial charge is 0.300 e. The summed E-state index contributed by atoms with van der Waals surface area (Å²) in [6.45, 7) is 1.08. The monoisotopic (exact) mass is 174 g/mol. The van der Waals surface area contributed by atoms with Crippen LogP contribution in [0.2, 0.25) is 0 Å². The molecule has 0 aliphatic rings. The second kappa shape index (κ2) is 28.7. The second-order valence-corrected chi connectivity index (χ2v) is 0.519. The third-order valence-corrected chi connectivity index (χ3v) is 0. The first-order valence-electron chi connectivity index (χ1n) is 0.928. The molecule has 0 fully saturated rings. The normalized spacial score (nSPS) is 3.12. The van der Waals surface area contributed by atoms with E-state index in [1.165, 1.54) is 0 Å². The van der Waals surface area contributed by atoms with Crippen molar-refractivity contribution >= 4 is 5.97 Å². The van der Waals surface area contributed by atoms with Gasteiger partial charge in [-0.2, -0.15) is 0 Å². The van der Waals surface area contributed by atoms with Crippen molar-refractivity contribution in [2.45, 2.75) is 6.92 Å². The van der Waals surface area contributed by atoms with Gasteiger partial charge in [0.1, 0.15) is 0 Å². The Morgan fingerprint density at radius 3 is 1.25 bits per heavy atom. The SMILES string of the molecule is CC(=O)O.N.N.N.[Cu]. The van der Waals surface area contributed by atoms with Crippen LogP contribution in [0.1, 0.15) is 6.92 Å². The van der Waals surface area contributed by atoms with Gasteiger partial charge in [0.25, 0.3) is 5.97 Å². The number of rotatable bonds is 0. The van der Waals surface area contributed by atoms with Gasteiger partial charge in [-0.3, -0.25) is 4.79 Å². The number of hydrogen-bond acceptors (Lipinski definition) is 4. The molecular formula is C2H13CuN3O2. The fourth-order valence-electron chi connectivity index (χ4n) is 0. The first kappa shape index (κ1) is 45.1. The van der Waals surface area contributed by atoms with Crippen LogP contribution in [-0.4, -0.2) is 11.1 Å². The summed E-state index contributed by atoms with van der Waals surface area (Å²) in [6.07, 6.45) is 0.